The van der Waals surface area contributed by atoms with Gasteiger partial charge in [-0.15, -0.1) is 0 Å². The van der Waals surface area contributed by atoms with Crippen molar-refractivity contribution in [3.05, 3.63) is 29.8 Å². The van der Waals surface area contributed by atoms with Gasteiger partial charge in [-0.3, -0.25) is 4.79 Å². The molecule has 0 saturated carbocycles. The standard InChI is InChI=1S/C20H32N4O2/c1-3-5-6-12-22-20(21-4-2)23-15-16-9-7-10-17(14-16)24-19(25)18-11-8-13-26-18/h7,9-10,14,18H,3-6,8,11-13,15H2,1-2H3,(H,24,25)(H2,21,22,23). The summed E-state index contributed by atoms with van der Waals surface area (Å²) in [5.74, 6) is 0.770. The van der Waals surface area contributed by atoms with Crippen LogP contribution in [0.15, 0.2) is 29.3 Å². The summed E-state index contributed by atoms with van der Waals surface area (Å²) in [5.41, 5.74) is 1.85. The molecule has 0 bridgehead atoms. The van der Waals surface area contributed by atoms with Crippen molar-refractivity contribution in [3.63, 3.8) is 0 Å². The van der Waals surface area contributed by atoms with Crippen LogP contribution in [-0.4, -0.2) is 37.7 Å². The predicted molar refractivity (Wildman–Crippen MR) is 106 cm³/mol. The number of carbonyl (C=O) groups excluding carboxylic acids is 1. The Morgan fingerprint density at radius 3 is 2.88 bits per heavy atom. The fraction of sp³-hybridized carbons (Fsp3) is 0.600. The molecule has 1 atom stereocenters. The Bertz CT molecular complexity index is 583. The van der Waals surface area contributed by atoms with Gasteiger partial charge in [0.1, 0.15) is 6.10 Å². The number of amides is 1. The van der Waals surface area contributed by atoms with Crippen LogP contribution < -0.4 is 16.0 Å². The second kappa shape index (κ2) is 11.5. The number of benzene rings is 1. The van der Waals surface area contributed by atoms with E-state index in [0.29, 0.717) is 13.2 Å². The van der Waals surface area contributed by atoms with Crippen LogP contribution in [0.2, 0.25) is 0 Å². The molecule has 1 heterocycles. The van der Waals surface area contributed by atoms with Crippen molar-refractivity contribution in [2.75, 3.05) is 25.0 Å². The lowest BCUT2D eigenvalue weighted by Gasteiger charge is -2.12. The molecule has 1 aromatic rings. The van der Waals surface area contributed by atoms with E-state index in [1.807, 2.05) is 24.3 Å². The SMILES string of the molecule is CCCCCNC(=NCc1cccc(NC(=O)C2CCCO2)c1)NCC. The topological polar surface area (TPSA) is 74.8 Å². The molecular formula is C20H32N4O2. The quantitative estimate of drug-likeness (QED) is 0.359. The third-order valence-corrected chi connectivity index (χ3v) is 4.25. The number of unbranched alkanes of at least 4 members (excludes halogenated alkanes) is 2. The number of guanidine groups is 1. The summed E-state index contributed by atoms with van der Waals surface area (Å²) in [6, 6.07) is 7.83. The number of hydrogen-bond donors (Lipinski definition) is 3. The summed E-state index contributed by atoms with van der Waals surface area (Å²) in [6.45, 7) is 7.25. The Morgan fingerprint density at radius 2 is 2.15 bits per heavy atom. The molecule has 26 heavy (non-hydrogen) atoms. The first-order valence-electron chi connectivity index (χ1n) is 9.76. The first-order chi connectivity index (χ1) is 12.7. The summed E-state index contributed by atoms with van der Waals surface area (Å²) >= 11 is 0. The van der Waals surface area contributed by atoms with Crippen LogP contribution in [0.5, 0.6) is 0 Å². The summed E-state index contributed by atoms with van der Waals surface area (Å²) in [7, 11) is 0. The molecule has 0 aromatic heterocycles. The van der Waals surface area contributed by atoms with Crippen LogP contribution >= 0.6 is 0 Å². The lowest BCUT2D eigenvalue weighted by atomic mass is 10.2. The van der Waals surface area contributed by atoms with Crippen LogP contribution in [0.3, 0.4) is 0 Å². The molecule has 1 amide bonds. The molecule has 0 spiro atoms. The van der Waals surface area contributed by atoms with Crippen molar-refractivity contribution in [1.29, 1.82) is 0 Å². The molecule has 0 radical (unpaired) electrons. The van der Waals surface area contributed by atoms with E-state index in [1.54, 1.807) is 0 Å². The van der Waals surface area contributed by atoms with Crippen molar-refractivity contribution in [2.45, 2.75) is 58.6 Å². The molecule has 1 fully saturated rings. The zero-order chi connectivity index (χ0) is 18.6. The first-order valence-corrected chi connectivity index (χ1v) is 9.76. The lowest BCUT2D eigenvalue weighted by Crippen LogP contribution is -2.37. The van der Waals surface area contributed by atoms with Crippen LogP contribution in [-0.2, 0) is 16.1 Å². The van der Waals surface area contributed by atoms with Gasteiger partial charge < -0.3 is 20.7 Å². The zero-order valence-corrected chi connectivity index (χ0v) is 16.0. The Hall–Kier alpha value is -2.08. The third kappa shape index (κ3) is 7.04. The average molecular weight is 361 g/mol. The van der Waals surface area contributed by atoms with Gasteiger partial charge in [-0.25, -0.2) is 4.99 Å². The second-order valence-corrected chi connectivity index (χ2v) is 6.52. The summed E-state index contributed by atoms with van der Waals surface area (Å²) in [4.78, 5) is 16.8. The van der Waals surface area contributed by atoms with E-state index in [4.69, 9.17) is 4.74 Å². The van der Waals surface area contributed by atoms with Crippen molar-refractivity contribution >= 4 is 17.6 Å². The molecular weight excluding hydrogens is 328 g/mol. The van der Waals surface area contributed by atoms with Crippen molar-refractivity contribution < 1.29 is 9.53 Å². The van der Waals surface area contributed by atoms with Gasteiger partial charge in [0.2, 0.25) is 0 Å². The average Bonchev–Trinajstić information content (AvgIpc) is 3.18. The Balaban J connectivity index is 1.89. The molecule has 1 aromatic carbocycles. The largest absolute Gasteiger partial charge is 0.368 e. The van der Waals surface area contributed by atoms with Gasteiger partial charge in [-0.2, -0.15) is 0 Å². The van der Waals surface area contributed by atoms with Gasteiger partial charge >= 0.3 is 0 Å². The van der Waals surface area contributed by atoms with E-state index in [0.717, 1.165) is 49.6 Å². The third-order valence-electron chi connectivity index (χ3n) is 4.25. The Labute approximate surface area is 156 Å². The fourth-order valence-corrected chi connectivity index (χ4v) is 2.85. The highest BCUT2D eigenvalue weighted by atomic mass is 16.5. The van der Waals surface area contributed by atoms with Crippen molar-refractivity contribution in [1.82, 2.24) is 10.6 Å². The Kier molecular flexibility index (Phi) is 8.96. The molecule has 144 valence electrons. The lowest BCUT2D eigenvalue weighted by molar-refractivity contribution is -0.124. The van der Waals surface area contributed by atoms with E-state index < -0.39 is 0 Å². The number of carbonyl (C=O) groups is 1. The molecule has 1 aliphatic rings. The van der Waals surface area contributed by atoms with Crippen molar-refractivity contribution in [2.24, 2.45) is 4.99 Å². The highest BCUT2D eigenvalue weighted by molar-refractivity contribution is 5.94. The molecule has 0 aliphatic carbocycles. The maximum absolute atomic E-state index is 12.2. The highest BCUT2D eigenvalue weighted by Crippen LogP contribution is 2.16. The number of ether oxygens (including phenoxy) is 1. The van der Waals surface area contributed by atoms with Gasteiger partial charge in [-0.1, -0.05) is 31.9 Å². The summed E-state index contributed by atoms with van der Waals surface area (Å²) < 4.78 is 5.43. The minimum Gasteiger partial charge on any atom is -0.368 e. The van der Waals surface area contributed by atoms with Gasteiger partial charge in [0.05, 0.1) is 6.54 Å². The normalized spacial score (nSPS) is 17.2. The van der Waals surface area contributed by atoms with E-state index in [1.165, 1.54) is 12.8 Å². The second-order valence-electron chi connectivity index (χ2n) is 6.52. The maximum atomic E-state index is 12.2. The monoisotopic (exact) mass is 360 g/mol. The van der Waals surface area contributed by atoms with Gasteiger partial charge in [0.25, 0.3) is 5.91 Å². The van der Waals surface area contributed by atoms with Gasteiger partial charge in [0.15, 0.2) is 5.96 Å². The number of anilines is 1. The molecule has 1 unspecified atom stereocenters. The Morgan fingerprint density at radius 1 is 1.27 bits per heavy atom. The molecule has 1 saturated heterocycles. The summed E-state index contributed by atoms with van der Waals surface area (Å²) in [5, 5.41) is 9.57. The van der Waals surface area contributed by atoms with Crippen LogP contribution in [0.4, 0.5) is 5.69 Å². The minimum atomic E-state index is -0.315. The molecule has 6 heteroatoms. The molecule has 2 rings (SSSR count). The first kappa shape index (κ1) is 20.2. The van der Waals surface area contributed by atoms with E-state index in [-0.39, 0.29) is 12.0 Å². The number of rotatable bonds is 9. The van der Waals surface area contributed by atoms with E-state index in [9.17, 15) is 4.79 Å². The number of nitrogens with zero attached hydrogens (tertiary/aromatic N) is 1. The molecule has 3 N–H and O–H groups in total. The van der Waals surface area contributed by atoms with Crippen LogP contribution in [0.1, 0.15) is 51.5 Å². The smallest absolute Gasteiger partial charge is 0.253 e. The van der Waals surface area contributed by atoms with Crippen LogP contribution in [0, 0.1) is 0 Å². The minimum absolute atomic E-state index is 0.0610. The highest BCUT2D eigenvalue weighted by Gasteiger charge is 2.23. The predicted octanol–water partition coefficient (Wildman–Crippen LogP) is 3.05. The van der Waals surface area contributed by atoms with Crippen molar-refractivity contribution in [3.8, 4) is 0 Å². The van der Waals surface area contributed by atoms with Gasteiger partial charge in [0, 0.05) is 25.4 Å². The maximum Gasteiger partial charge on any atom is 0.253 e. The zero-order valence-electron chi connectivity index (χ0n) is 16.0. The van der Waals surface area contributed by atoms with E-state index in [2.05, 4.69) is 34.8 Å². The number of nitrogens with one attached hydrogen (secondary N) is 3. The number of hydrogen-bond acceptors (Lipinski definition) is 3. The fourth-order valence-electron chi connectivity index (χ4n) is 2.85. The molecule has 6 nitrogen and oxygen atoms in total. The van der Waals surface area contributed by atoms with Crippen LogP contribution in [0.25, 0.3) is 0 Å². The van der Waals surface area contributed by atoms with Gasteiger partial charge in [-0.05, 0) is 43.9 Å². The summed E-state index contributed by atoms with van der Waals surface area (Å²) in [6.07, 6.45) is 5.01. The van der Waals surface area contributed by atoms with E-state index >= 15 is 0 Å². The number of aliphatic imine (C=N–C) groups is 1. The molecule has 1 aliphatic heterocycles.